The molecule has 0 bridgehead atoms. The van der Waals surface area contributed by atoms with Gasteiger partial charge in [-0.25, -0.2) is 0 Å². The first-order chi connectivity index (χ1) is 8.81. The summed E-state index contributed by atoms with van der Waals surface area (Å²) < 4.78 is 0. The van der Waals surface area contributed by atoms with E-state index in [1.54, 1.807) is 12.4 Å². The lowest BCUT2D eigenvalue weighted by atomic mass is 9.95. The maximum atomic E-state index is 6.35. The molecule has 0 amide bonds. The Labute approximate surface area is 113 Å². The van der Waals surface area contributed by atoms with Gasteiger partial charge in [-0.2, -0.15) is 0 Å². The van der Waals surface area contributed by atoms with Gasteiger partial charge in [0.2, 0.25) is 0 Å². The Bertz CT molecular complexity index is 505. The fourth-order valence-electron chi connectivity index (χ4n) is 1.93. The SMILES string of the molecule is CCC(/C=C(/Cl)c1cccnc1)c1ccccc1. The predicted octanol–water partition coefficient (Wildman–Crippen LogP) is 4.86. The van der Waals surface area contributed by atoms with E-state index in [1.165, 1.54) is 5.56 Å². The van der Waals surface area contributed by atoms with Crippen molar-refractivity contribution >= 4 is 16.6 Å². The number of benzene rings is 1. The maximum absolute atomic E-state index is 6.35. The van der Waals surface area contributed by atoms with Crippen LogP contribution in [0.5, 0.6) is 0 Å². The van der Waals surface area contributed by atoms with E-state index in [4.69, 9.17) is 11.6 Å². The summed E-state index contributed by atoms with van der Waals surface area (Å²) in [5.74, 6) is 0.346. The molecule has 0 fully saturated rings. The van der Waals surface area contributed by atoms with Crippen molar-refractivity contribution in [2.24, 2.45) is 0 Å². The van der Waals surface area contributed by atoms with Gasteiger partial charge in [-0.1, -0.05) is 61.0 Å². The van der Waals surface area contributed by atoms with Gasteiger partial charge in [0.25, 0.3) is 0 Å². The second-order valence-corrected chi connectivity index (χ2v) is 4.59. The maximum Gasteiger partial charge on any atom is 0.0460 e. The van der Waals surface area contributed by atoms with Gasteiger partial charge in [-0.15, -0.1) is 0 Å². The number of halogens is 1. The molecule has 0 N–H and O–H groups in total. The predicted molar refractivity (Wildman–Crippen MR) is 77.5 cm³/mol. The third kappa shape index (κ3) is 3.21. The highest BCUT2D eigenvalue weighted by Gasteiger charge is 2.07. The number of hydrogen-bond donors (Lipinski definition) is 0. The minimum Gasteiger partial charge on any atom is -0.264 e. The van der Waals surface area contributed by atoms with E-state index >= 15 is 0 Å². The van der Waals surface area contributed by atoms with Crippen molar-refractivity contribution in [3.05, 3.63) is 72.1 Å². The smallest absolute Gasteiger partial charge is 0.0460 e. The summed E-state index contributed by atoms with van der Waals surface area (Å²) in [6.45, 7) is 2.17. The summed E-state index contributed by atoms with van der Waals surface area (Å²) in [5, 5.41) is 0.763. The third-order valence-corrected chi connectivity index (χ3v) is 3.30. The molecule has 1 unspecified atom stereocenters. The van der Waals surface area contributed by atoms with E-state index < -0.39 is 0 Å². The number of nitrogens with zero attached hydrogens (tertiary/aromatic N) is 1. The van der Waals surface area contributed by atoms with Crippen molar-refractivity contribution < 1.29 is 0 Å². The van der Waals surface area contributed by atoms with Crippen LogP contribution in [0.1, 0.15) is 30.4 Å². The Morgan fingerprint density at radius 2 is 2.00 bits per heavy atom. The molecular weight excluding hydrogens is 242 g/mol. The molecule has 0 saturated carbocycles. The van der Waals surface area contributed by atoms with Crippen molar-refractivity contribution in [3.8, 4) is 0 Å². The monoisotopic (exact) mass is 257 g/mol. The summed E-state index contributed by atoms with van der Waals surface area (Å²) in [4.78, 5) is 4.09. The van der Waals surface area contributed by atoms with E-state index in [0.29, 0.717) is 5.92 Å². The Balaban J connectivity index is 2.25. The summed E-state index contributed by atoms with van der Waals surface area (Å²) in [7, 11) is 0. The molecule has 1 heterocycles. The zero-order valence-electron chi connectivity index (χ0n) is 10.4. The fourth-order valence-corrected chi connectivity index (χ4v) is 2.19. The first kappa shape index (κ1) is 12.8. The number of aromatic nitrogens is 1. The second kappa shape index (κ2) is 6.36. The summed E-state index contributed by atoms with van der Waals surface area (Å²) in [5.41, 5.74) is 2.26. The summed E-state index contributed by atoms with van der Waals surface area (Å²) in [6, 6.07) is 14.3. The molecule has 0 aliphatic carbocycles. The van der Waals surface area contributed by atoms with Crippen molar-refractivity contribution in [2.75, 3.05) is 0 Å². The molecule has 0 radical (unpaired) electrons. The standard InChI is InChI=1S/C16H16ClN/c1-2-13(14-7-4-3-5-8-14)11-16(17)15-9-6-10-18-12-15/h3-13H,2H2,1H3/b16-11+. The Kier molecular flexibility index (Phi) is 4.54. The van der Waals surface area contributed by atoms with Crippen LogP contribution in [0.2, 0.25) is 0 Å². The third-order valence-electron chi connectivity index (χ3n) is 2.95. The minimum atomic E-state index is 0.346. The van der Waals surface area contributed by atoms with Crippen molar-refractivity contribution in [2.45, 2.75) is 19.3 Å². The number of hydrogen-bond acceptors (Lipinski definition) is 1. The van der Waals surface area contributed by atoms with Crippen LogP contribution in [-0.2, 0) is 0 Å². The molecule has 0 aliphatic rings. The van der Waals surface area contributed by atoms with Gasteiger partial charge in [-0.05, 0) is 18.1 Å². The minimum absolute atomic E-state index is 0.346. The van der Waals surface area contributed by atoms with Crippen molar-refractivity contribution in [1.82, 2.24) is 4.98 Å². The van der Waals surface area contributed by atoms with Crippen molar-refractivity contribution in [3.63, 3.8) is 0 Å². The molecule has 1 aromatic heterocycles. The van der Waals surface area contributed by atoms with Crippen molar-refractivity contribution in [1.29, 1.82) is 0 Å². The summed E-state index contributed by atoms with van der Waals surface area (Å²) >= 11 is 6.35. The van der Waals surface area contributed by atoms with Gasteiger partial charge in [0.1, 0.15) is 0 Å². The van der Waals surface area contributed by atoms with Gasteiger partial charge >= 0.3 is 0 Å². The van der Waals surface area contributed by atoms with Crippen LogP contribution < -0.4 is 0 Å². The van der Waals surface area contributed by atoms with Gasteiger partial charge in [0, 0.05) is 28.9 Å². The molecule has 1 nitrogen and oxygen atoms in total. The van der Waals surface area contributed by atoms with E-state index in [-0.39, 0.29) is 0 Å². The first-order valence-electron chi connectivity index (χ1n) is 6.14. The van der Waals surface area contributed by atoms with Crippen LogP contribution >= 0.6 is 11.6 Å². The normalized spacial score (nSPS) is 13.3. The average molecular weight is 258 g/mol. The molecule has 1 aromatic carbocycles. The molecule has 0 saturated heterocycles. The highest BCUT2D eigenvalue weighted by Crippen LogP contribution is 2.27. The van der Waals surface area contributed by atoms with Crippen LogP contribution in [0.25, 0.3) is 5.03 Å². The lowest BCUT2D eigenvalue weighted by Gasteiger charge is -2.11. The Morgan fingerprint density at radius 3 is 2.61 bits per heavy atom. The lowest BCUT2D eigenvalue weighted by molar-refractivity contribution is 0.808. The Hall–Kier alpha value is -1.60. The molecule has 2 aromatic rings. The topological polar surface area (TPSA) is 12.9 Å². The molecule has 0 aliphatic heterocycles. The zero-order chi connectivity index (χ0) is 12.8. The molecule has 0 spiro atoms. The summed E-state index contributed by atoms with van der Waals surface area (Å²) in [6.07, 6.45) is 6.67. The molecule has 18 heavy (non-hydrogen) atoms. The fraction of sp³-hybridized carbons (Fsp3) is 0.188. The van der Waals surface area contributed by atoms with E-state index in [2.05, 4.69) is 42.2 Å². The van der Waals surface area contributed by atoms with Gasteiger partial charge < -0.3 is 0 Å². The average Bonchev–Trinajstić information content (AvgIpc) is 2.46. The number of pyridine rings is 1. The van der Waals surface area contributed by atoms with Crippen LogP contribution in [0.15, 0.2) is 60.9 Å². The molecule has 92 valence electrons. The number of allylic oxidation sites excluding steroid dienone is 1. The van der Waals surface area contributed by atoms with Crippen LogP contribution in [0.4, 0.5) is 0 Å². The number of rotatable bonds is 4. The van der Waals surface area contributed by atoms with Crippen LogP contribution in [-0.4, -0.2) is 4.98 Å². The first-order valence-corrected chi connectivity index (χ1v) is 6.51. The highest BCUT2D eigenvalue weighted by atomic mass is 35.5. The van der Waals surface area contributed by atoms with Gasteiger partial charge in [-0.3, -0.25) is 4.98 Å². The van der Waals surface area contributed by atoms with E-state index in [1.807, 2.05) is 18.2 Å². The van der Waals surface area contributed by atoms with E-state index in [9.17, 15) is 0 Å². The quantitative estimate of drug-likeness (QED) is 0.763. The van der Waals surface area contributed by atoms with E-state index in [0.717, 1.165) is 17.0 Å². The Morgan fingerprint density at radius 1 is 1.22 bits per heavy atom. The van der Waals surface area contributed by atoms with Crippen LogP contribution in [0.3, 0.4) is 0 Å². The van der Waals surface area contributed by atoms with Gasteiger partial charge in [0.15, 0.2) is 0 Å². The second-order valence-electron chi connectivity index (χ2n) is 4.18. The molecular formula is C16H16ClN. The van der Waals surface area contributed by atoms with Gasteiger partial charge in [0.05, 0.1) is 0 Å². The zero-order valence-corrected chi connectivity index (χ0v) is 11.1. The molecule has 2 heteroatoms. The molecule has 1 atom stereocenters. The molecule has 2 rings (SSSR count). The highest BCUT2D eigenvalue weighted by molar-refractivity contribution is 6.48. The van der Waals surface area contributed by atoms with Crippen LogP contribution in [0, 0.1) is 0 Å². The lowest BCUT2D eigenvalue weighted by Crippen LogP contribution is -1.93. The largest absolute Gasteiger partial charge is 0.264 e.